The van der Waals surface area contributed by atoms with Gasteiger partial charge in [-0.25, -0.2) is 0 Å². The monoisotopic (exact) mass is 309 g/mol. The van der Waals surface area contributed by atoms with E-state index in [1.54, 1.807) is 0 Å². The lowest BCUT2D eigenvalue weighted by Gasteiger charge is -2.07. The van der Waals surface area contributed by atoms with E-state index in [9.17, 15) is 0 Å². The Labute approximate surface area is 121 Å². The van der Waals surface area contributed by atoms with Crippen molar-refractivity contribution < 1.29 is 0 Å². The van der Waals surface area contributed by atoms with Crippen LogP contribution in [0, 0.1) is 0 Å². The second-order valence-electron chi connectivity index (χ2n) is 4.28. The Balaban J connectivity index is 2.04. The molecule has 0 atom stereocenters. The van der Waals surface area contributed by atoms with Crippen molar-refractivity contribution in [1.82, 2.24) is 4.98 Å². The standard InChI is InChI=1S/C17H12BrN/c18-16-12-14(17-8-4-5-11-19-17)9-10-15(16)13-6-2-1-3-7-13/h1-12H. The number of hydrogen-bond acceptors (Lipinski definition) is 1. The molecule has 1 aromatic heterocycles. The maximum Gasteiger partial charge on any atom is 0.0702 e. The van der Waals surface area contributed by atoms with Crippen LogP contribution in [0.15, 0.2) is 77.4 Å². The van der Waals surface area contributed by atoms with Crippen LogP contribution in [0.2, 0.25) is 0 Å². The van der Waals surface area contributed by atoms with Gasteiger partial charge in [0.2, 0.25) is 0 Å². The molecule has 0 saturated heterocycles. The van der Waals surface area contributed by atoms with Crippen molar-refractivity contribution >= 4 is 15.9 Å². The minimum absolute atomic E-state index is 0.989. The van der Waals surface area contributed by atoms with Crippen molar-refractivity contribution in [3.05, 3.63) is 77.4 Å². The predicted molar refractivity (Wildman–Crippen MR) is 82.8 cm³/mol. The van der Waals surface area contributed by atoms with Crippen LogP contribution in [0.5, 0.6) is 0 Å². The average Bonchev–Trinajstić information content (AvgIpc) is 2.49. The van der Waals surface area contributed by atoms with Crippen LogP contribution < -0.4 is 0 Å². The highest BCUT2D eigenvalue weighted by Gasteiger charge is 2.05. The van der Waals surface area contributed by atoms with E-state index in [0.29, 0.717) is 0 Å². The zero-order valence-corrected chi connectivity index (χ0v) is 11.8. The van der Waals surface area contributed by atoms with Crippen molar-refractivity contribution in [3.8, 4) is 22.4 Å². The number of rotatable bonds is 2. The summed E-state index contributed by atoms with van der Waals surface area (Å²) in [5.74, 6) is 0. The zero-order valence-electron chi connectivity index (χ0n) is 10.3. The first-order valence-electron chi connectivity index (χ1n) is 6.11. The summed E-state index contributed by atoms with van der Waals surface area (Å²) in [4.78, 5) is 4.37. The van der Waals surface area contributed by atoms with Crippen LogP contribution in [-0.4, -0.2) is 4.98 Å². The van der Waals surface area contributed by atoms with Gasteiger partial charge < -0.3 is 0 Å². The van der Waals surface area contributed by atoms with Gasteiger partial charge in [0.15, 0.2) is 0 Å². The fourth-order valence-electron chi connectivity index (χ4n) is 2.06. The van der Waals surface area contributed by atoms with E-state index in [4.69, 9.17) is 0 Å². The molecule has 2 aromatic carbocycles. The fraction of sp³-hybridized carbons (Fsp3) is 0. The second-order valence-corrected chi connectivity index (χ2v) is 5.13. The van der Waals surface area contributed by atoms with Crippen molar-refractivity contribution in [2.75, 3.05) is 0 Å². The van der Waals surface area contributed by atoms with Gasteiger partial charge in [0.05, 0.1) is 5.69 Å². The summed E-state index contributed by atoms with van der Waals surface area (Å²) >= 11 is 3.65. The summed E-state index contributed by atoms with van der Waals surface area (Å²) in [6.45, 7) is 0. The highest BCUT2D eigenvalue weighted by Crippen LogP contribution is 2.31. The van der Waals surface area contributed by atoms with Gasteiger partial charge in [-0.2, -0.15) is 0 Å². The van der Waals surface area contributed by atoms with Crippen molar-refractivity contribution in [1.29, 1.82) is 0 Å². The molecule has 19 heavy (non-hydrogen) atoms. The van der Waals surface area contributed by atoms with Crippen LogP contribution >= 0.6 is 15.9 Å². The third-order valence-corrected chi connectivity index (χ3v) is 3.67. The molecule has 0 N–H and O–H groups in total. The van der Waals surface area contributed by atoms with E-state index >= 15 is 0 Å². The molecular weight excluding hydrogens is 298 g/mol. The maximum absolute atomic E-state index is 4.37. The van der Waals surface area contributed by atoms with E-state index < -0.39 is 0 Å². The normalized spacial score (nSPS) is 10.4. The number of halogens is 1. The molecule has 1 heterocycles. The quantitative estimate of drug-likeness (QED) is 0.635. The highest BCUT2D eigenvalue weighted by molar-refractivity contribution is 9.10. The molecule has 0 spiro atoms. The average molecular weight is 310 g/mol. The number of hydrogen-bond donors (Lipinski definition) is 0. The van der Waals surface area contributed by atoms with Crippen LogP contribution in [0.4, 0.5) is 0 Å². The Morgan fingerprint density at radius 3 is 2.21 bits per heavy atom. The molecule has 0 fully saturated rings. The Kier molecular flexibility index (Phi) is 3.43. The van der Waals surface area contributed by atoms with E-state index in [0.717, 1.165) is 15.7 Å². The third kappa shape index (κ3) is 2.59. The number of pyridine rings is 1. The lowest BCUT2D eigenvalue weighted by atomic mass is 10.0. The number of nitrogens with zero attached hydrogens (tertiary/aromatic N) is 1. The van der Waals surface area contributed by atoms with Crippen molar-refractivity contribution in [3.63, 3.8) is 0 Å². The third-order valence-electron chi connectivity index (χ3n) is 3.01. The SMILES string of the molecule is Brc1cc(-c2ccccn2)ccc1-c1ccccc1. The molecule has 3 aromatic rings. The summed E-state index contributed by atoms with van der Waals surface area (Å²) in [6.07, 6.45) is 1.81. The van der Waals surface area contributed by atoms with Crippen LogP contribution in [0.25, 0.3) is 22.4 Å². The van der Waals surface area contributed by atoms with Crippen molar-refractivity contribution in [2.24, 2.45) is 0 Å². The molecular formula is C17H12BrN. The molecule has 0 radical (unpaired) electrons. The predicted octanol–water partition coefficient (Wildman–Crippen LogP) is 5.18. The minimum atomic E-state index is 0.989. The highest BCUT2D eigenvalue weighted by atomic mass is 79.9. The minimum Gasteiger partial charge on any atom is -0.256 e. The molecule has 0 aliphatic heterocycles. The van der Waals surface area contributed by atoms with Gasteiger partial charge in [0, 0.05) is 16.2 Å². The van der Waals surface area contributed by atoms with E-state index in [2.05, 4.69) is 63.4 Å². The summed E-state index contributed by atoms with van der Waals surface area (Å²) < 4.78 is 1.09. The Hall–Kier alpha value is -1.93. The van der Waals surface area contributed by atoms with E-state index in [1.165, 1.54) is 11.1 Å². The molecule has 3 rings (SSSR count). The lowest BCUT2D eigenvalue weighted by molar-refractivity contribution is 1.32. The summed E-state index contributed by atoms with van der Waals surface area (Å²) in [6, 6.07) is 22.6. The first kappa shape index (κ1) is 12.1. The summed E-state index contributed by atoms with van der Waals surface area (Å²) in [5.41, 5.74) is 4.51. The zero-order chi connectivity index (χ0) is 13.1. The molecule has 0 aliphatic carbocycles. The van der Waals surface area contributed by atoms with Gasteiger partial charge in [-0.3, -0.25) is 4.98 Å². The molecule has 1 nitrogen and oxygen atoms in total. The fourth-order valence-corrected chi connectivity index (χ4v) is 2.67. The molecule has 0 bridgehead atoms. The van der Waals surface area contributed by atoms with Crippen LogP contribution in [0.3, 0.4) is 0 Å². The van der Waals surface area contributed by atoms with Crippen LogP contribution in [0.1, 0.15) is 0 Å². The molecule has 0 unspecified atom stereocenters. The second kappa shape index (κ2) is 5.37. The Morgan fingerprint density at radius 1 is 0.737 bits per heavy atom. The van der Waals surface area contributed by atoms with E-state index in [1.807, 2.05) is 30.5 Å². The molecule has 92 valence electrons. The van der Waals surface area contributed by atoms with Gasteiger partial charge in [-0.05, 0) is 29.3 Å². The molecule has 0 amide bonds. The van der Waals surface area contributed by atoms with Gasteiger partial charge in [0.1, 0.15) is 0 Å². The van der Waals surface area contributed by atoms with Gasteiger partial charge >= 0.3 is 0 Å². The first-order valence-corrected chi connectivity index (χ1v) is 6.90. The lowest BCUT2D eigenvalue weighted by Crippen LogP contribution is -1.84. The topological polar surface area (TPSA) is 12.9 Å². The number of benzene rings is 2. The van der Waals surface area contributed by atoms with Crippen molar-refractivity contribution in [2.45, 2.75) is 0 Å². The smallest absolute Gasteiger partial charge is 0.0702 e. The largest absolute Gasteiger partial charge is 0.256 e. The first-order chi connectivity index (χ1) is 9.34. The Bertz CT molecular complexity index is 678. The van der Waals surface area contributed by atoms with E-state index in [-0.39, 0.29) is 0 Å². The van der Waals surface area contributed by atoms with Gasteiger partial charge in [0.25, 0.3) is 0 Å². The maximum atomic E-state index is 4.37. The molecule has 0 aliphatic rings. The summed E-state index contributed by atoms with van der Waals surface area (Å²) in [5, 5.41) is 0. The van der Waals surface area contributed by atoms with Crippen LogP contribution in [-0.2, 0) is 0 Å². The molecule has 2 heteroatoms. The molecule has 0 saturated carbocycles. The van der Waals surface area contributed by atoms with Gasteiger partial charge in [-0.1, -0.05) is 64.5 Å². The summed E-state index contributed by atoms with van der Waals surface area (Å²) in [7, 11) is 0. The number of aromatic nitrogens is 1. The van der Waals surface area contributed by atoms with Gasteiger partial charge in [-0.15, -0.1) is 0 Å². The Morgan fingerprint density at radius 2 is 1.53 bits per heavy atom.